The number of halogens is 1. The lowest BCUT2D eigenvalue weighted by molar-refractivity contribution is -0.133. The van der Waals surface area contributed by atoms with E-state index in [0.29, 0.717) is 12.1 Å². The first-order chi connectivity index (χ1) is 8.86. The van der Waals surface area contributed by atoms with Crippen LogP contribution in [0.1, 0.15) is 12.8 Å². The molecule has 1 aliphatic heterocycles. The first kappa shape index (κ1) is 13.5. The molecule has 102 valence electrons. The molecule has 1 aliphatic rings. The number of carbonyl (C=O) groups excluding carboxylic acids is 2. The van der Waals surface area contributed by atoms with Gasteiger partial charge in [0, 0.05) is 12.1 Å². The molecule has 1 aromatic rings. The molecule has 1 fully saturated rings. The highest BCUT2D eigenvalue weighted by molar-refractivity contribution is 7.86. The second-order valence-electron chi connectivity index (χ2n) is 4.11. The van der Waals surface area contributed by atoms with E-state index in [1.165, 1.54) is 12.1 Å². The number of benzene rings is 1. The third kappa shape index (κ3) is 3.28. The molecule has 19 heavy (non-hydrogen) atoms. The van der Waals surface area contributed by atoms with E-state index in [4.69, 9.17) is 0 Å². The summed E-state index contributed by atoms with van der Waals surface area (Å²) in [5.41, 5.74) is 0.299. The van der Waals surface area contributed by atoms with Gasteiger partial charge in [0.1, 0.15) is 10.9 Å². The van der Waals surface area contributed by atoms with E-state index in [-0.39, 0.29) is 12.3 Å². The van der Waals surface area contributed by atoms with Gasteiger partial charge in [0.15, 0.2) is 0 Å². The number of hydrogen-bond acceptors (Lipinski definition) is 5. The standard InChI is InChI=1S/C11H11FN2O4S/c12-19(17,18)8-3-1-2-7(6-8)13-9-4-5-10(15)14-11(9)16/h1-3,6,9,13H,4-5H2,(H,14,15,16). The smallest absolute Gasteiger partial charge is 0.332 e. The Hall–Kier alpha value is -1.96. The van der Waals surface area contributed by atoms with Crippen LogP contribution in [0.2, 0.25) is 0 Å². The number of imide groups is 1. The highest BCUT2D eigenvalue weighted by Crippen LogP contribution is 2.19. The molecule has 2 N–H and O–H groups in total. The summed E-state index contributed by atoms with van der Waals surface area (Å²) in [5.74, 6) is -0.826. The molecule has 1 heterocycles. The topological polar surface area (TPSA) is 92.3 Å². The summed E-state index contributed by atoms with van der Waals surface area (Å²) >= 11 is 0. The second-order valence-corrected chi connectivity index (χ2v) is 5.46. The van der Waals surface area contributed by atoms with Crippen molar-refractivity contribution in [2.24, 2.45) is 0 Å². The molecule has 0 saturated carbocycles. The van der Waals surface area contributed by atoms with Crippen molar-refractivity contribution in [3.63, 3.8) is 0 Å². The van der Waals surface area contributed by atoms with E-state index in [0.717, 1.165) is 12.1 Å². The maximum Gasteiger partial charge on any atom is 0.332 e. The number of amides is 2. The minimum atomic E-state index is -4.78. The maximum atomic E-state index is 12.8. The maximum absolute atomic E-state index is 12.8. The van der Waals surface area contributed by atoms with Crippen molar-refractivity contribution in [3.8, 4) is 0 Å². The minimum Gasteiger partial charge on any atom is -0.374 e. The summed E-state index contributed by atoms with van der Waals surface area (Å²) in [4.78, 5) is 22.0. The summed E-state index contributed by atoms with van der Waals surface area (Å²) in [6.07, 6.45) is 0.502. The van der Waals surface area contributed by atoms with Crippen LogP contribution >= 0.6 is 0 Å². The van der Waals surface area contributed by atoms with Crippen molar-refractivity contribution >= 4 is 27.7 Å². The molecule has 0 bridgehead atoms. The molecule has 1 unspecified atom stereocenters. The van der Waals surface area contributed by atoms with E-state index in [1.54, 1.807) is 0 Å². The summed E-state index contributed by atoms with van der Waals surface area (Å²) < 4.78 is 34.4. The largest absolute Gasteiger partial charge is 0.374 e. The van der Waals surface area contributed by atoms with E-state index >= 15 is 0 Å². The minimum absolute atomic E-state index is 0.199. The van der Waals surface area contributed by atoms with Gasteiger partial charge in [-0.15, -0.1) is 3.89 Å². The molecule has 1 atom stereocenters. The molecule has 2 rings (SSSR count). The predicted octanol–water partition coefficient (Wildman–Crippen LogP) is 0.562. The van der Waals surface area contributed by atoms with Gasteiger partial charge in [-0.3, -0.25) is 14.9 Å². The lowest BCUT2D eigenvalue weighted by Gasteiger charge is -2.22. The molecule has 0 radical (unpaired) electrons. The van der Waals surface area contributed by atoms with E-state index in [2.05, 4.69) is 10.6 Å². The van der Waals surface area contributed by atoms with Crippen molar-refractivity contribution in [1.82, 2.24) is 5.32 Å². The quantitative estimate of drug-likeness (QED) is 0.625. The molecular weight excluding hydrogens is 275 g/mol. The number of anilines is 1. The lowest BCUT2D eigenvalue weighted by Crippen LogP contribution is -2.47. The second kappa shape index (κ2) is 4.96. The molecule has 0 spiro atoms. The number of nitrogens with one attached hydrogen (secondary N) is 2. The van der Waals surface area contributed by atoms with Crippen LogP contribution in [0.3, 0.4) is 0 Å². The van der Waals surface area contributed by atoms with Gasteiger partial charge in [0.05, 0.1) is 0 Å². The van der Waals surface area contributed by atoms with Gasteiger partial charge in [-0.1, -0.05) is 6.07 Å². The molecule has 8 heteroatoms. The molecular formula is C11H11FN2O4S. The highest BCUT2D eigenvalue weighted by atomic mass is 32.3. The normalized spacial score (nSPS) is 19.9. The van der Waals surface area contributed by atoms with Crippen LogP contribution in [0.5, 0.6) is 0 Å². The zero-order valence-electron chi connectivity index (χ0n) is 9.72. The van der Waals surface area contributed by atoms with Crippen molar-refractivity contribution in [2.75, 3.05) is 5.32 Å². The number of carbonyl (C=O) groups is 2. The number of piperidine rings is 1. The molecule has 1 saturated heterocycles. The number of hydrogen-bond donors (Lipinski definition) is 2. The molecule has 6 nitrogen and oxygen atoms in total. The van der Waals surface area contributed by atoms with E-state index < -0.39 is 27.1 Å². The van der Waals surface area contributed by atoms with E-state index in [1.807, 2.05) is 0 Å². The van der Waals surface area contributed by atoms with Crippen LogP contribution in [-0.2, 0) is 19.8 Å². The predicted molar refractivity (Wildman–Crippen MR) is 64.5 cm³/mol. The Kier molecular flexibility index (Phi) is 3.52. The summed E-state index contributed by atoms with van der Waals surface area (Å²) in [6, 6.07) is 4.44. The van der Waals surface area contributed by atoms with Crippen LogP contribution in [-0.4, -0.2) is 26.3 Å². The molecule has 2 amide bonds. The third-order valence-electron chi connectivity index (χ3n) is 2.70. The van der Waals surface area contributed by atoms with E-state index in [9.17, 15) is 21.9 Å². The van der Waals surface area contributed by atoms with Crippen molar-refractivity contribution < 1.29 is 21.9 Å². The number of rotatable bonds is 3. The Morgan fingerprint density at radius 3 is 2.68 bits per heavy atom. The van der Waals surface area contributed by atoms with Gasteiger partial charge in [-0.25, -0.2) is 0 Å². The summed E-state index contributed by atoms with van der Waals surface area (Å²) in [7, 11) is -4.78. The highest BCUT2D eigenvalue weighted by Gasteiger charge is 2.26. The molecule has 1 aromatic carbocycles. The van der Waals surface area contributed by atoms with Gasteiger partial charge < -0.3 is 5.32 Å². The van der Waals surface area contributed by atoms with Crippen LogP contribution in [0.4, 0.5) is 9.57 Å². The van der Waals surface area contributed by atoms with Crippen LogP contribution < -0.4 is 10.6 Å². The zero-order valence-corrected chi connectivity index (χ0v) is 10.5. The zero-order chi connectivity index (χ0) is 14.0. The average molecular weight is 286 g/mol. The van der Waals surface area contributed by atoms with Crippen LogP contribution in [0.15, 0.2) is 29.2 Å². The lowest BCUT2D eigenvalue weighted by atomic mass is 10.1. The Bertz CT molecular complexity index is 629. The summed E-state index contributed by atoms with van der Waals surface area (Å²) in [5, 5.41) is 4.93. The monoisotopic (exact) mass is 286 g/mol. The fraction of sp³-hybridized carbons (Fsp3) is 0.273. The average Bonchev–Trinajstić information content (AvgIpc) is 2.32. The van der Waals surface area contributed by atoms with Crippen molar-refractivity contribution in [1.29, 1.82) is 0 Å². The first-order valence-electron chi connectivity index (χ1n) is 5.51. The van der Waals surface area contributed by atoms with Gasteiger partial charge >= 0.3 is 10.2 Å². The van der Waals surface area contributed by atoms with Crippen LogP contribution in [0, 0.1) is 0 Å². The fourth-order valence-electron chi connectivity index (χ4n) is 1.77. The van der Waals surface area contributed by atoms with Gasteiger partial charge in [0.25, 0.3) is 0 Å². The Morgan fingerprint density at radius 2 is 2.05 bits per heavy atom. The van der Waals surface area contributed by atoms with Crippen molar-refractivity contribution in [3.05, 3.63) is 24.3 Å². The SMILES string of the molecule is O=C1CCC(Nc2cccc(S(=O)(=O)F)c2)C(=O)N1. The summed E-state index contributed by atoms with van der Waals surface area (Å²) in [6.45, 7) is 0. The van der Waals surface area contributed by atoms with Gasteiger partial charge in [0.2, 0.25) is 11.8 Å². The first-order valence-corrected chi connectivity index (χ1v) is 6.89. The Balaban J connectivity index is 2.16. The Morgan fingerprint density at radius 1 is 1.32 bits per heavy atom. The van der Waals surface area contributed by atoms with Crippen molar-refractivity contribution in [2.45, 2.75) is 23.8 Å². The molecule has 0 aromatic heterocycles. The third-order valence-corrected chi connectivity index (χ3v) is 3.51. The Labute approximate surface area is 109 Å². The van der Waals surface area contributed by atoms with Crippen LogP contribution in [0.25, 0.3) is 0 Å². The van der Waals surface area contributed by atoms with Gasteiger partial charge in [-0.05, 0) is 24.6 Å². The molecule has 0 aliphatic carbocycles. The fourth-order valence-corrected chi connectivity index (χ4v) is 2.28. The van der Waals surface area contributed by atoms with Gasteiger partial charge in [-0.2, -0.15) is 8.42 Å².